The van der Waals surface area contributed by atoms with Crippen LogP contribution >= 0.6 is 27.7 Å². The van der Waals surface area contributed by atoms with Gasteiger partial charge in [0.1, 0.15) is 6.04 Å². The molecule has 2 rings (SSSR count). The summed E-state index contributed by atoms with van der Waals surface area (Å²) in [6.07, 6.45) is 0.850. The van der Waals surface area contributed by atoms with Crippen LogP contribution in [0.4, 0.5) is 0 Å². The van der Waals surface area contributed by atoms with Crippen molar-refractivity contribution in [2.75, 3.05) is 5.75 Å². The highest BCUT2D eigenvalue weighted by molar-refractivity contribution is 9.10. The van der Waals surface area contributed by atoms with Crippen molar-refractivity contribution in [2.45, 2.75) is 57.6 Å². The Morgan fingerprint density at radius 1 is 1.07 bits per heavy atom. The second kappa shape index (κ2) is 11.4. The molecule has 0 aliphatic carbocycles. The van der Waals surface area contributed by atoms with Crippen molar-refractivity contribution in [1.29, 1.82) is 0 Å². The smallest absolute Gasteiger partial charge is 0.242 e. The van der Waals surface area contributed by atoms with Crippen LogP contribution in [0.1, 0.15) is 38.3 Å². The van der Waals surface area contributed by atoms with Crippen LogP contribution in [0.15, 0.2) is 57.9 Å². The maximum absolute atomic E-state index is 13.1. The Kier molecular flexibility index (Phi) is 9.24. The molecular formula is C23H29BrN2O2S. The number of carbonyl (C=O) groups excluding carboxylic acids is 2. The van der Waals surface area contributed by atoms with E-state index < -0.39 is 6.04 Å². The second-order valence-electron chi connectivity index (χ2n) is 7.24. The molecule has 156 valence electrons. The van der Waals surface area contributed by atoms with E-state index in [1.54, 1.807) is 11.8 Å². The topological polar surface area (TPSA) is 49.4 Å². The van der Waals surface area contributed by atoms with Crippen molar-refractivity contribution in [3.63, 3.8) is 0 Å². The summed E-state index contributed by atoms with van der Waals surface area (Å²) >= 11 is 4.93. The molecule has 4 nitrogen and oxygen atoms in total. The zero-order chi connectivity index (χ0) is 21.4. The van der Waals surface area contributed by atoms with E-state index in [-0.39, 0.29) is 17.9 Å². The van der Waals surface area contributed by atoms with Gasteiger partial charge in [-0.05, 0) is 57.0 Å². The van der Waals surface area contributed by atoms with Crippen molar-refractivity contribution in [3.8, 4) is 0 Å². The summed E-state index contributed by atoms with van der Waals surface area (Å²) in [5.41, 5.74) is 2.18. The van der Waals surface area contributed by atoms with E-state index >= 15 is 0 Å². The lowest BCUT2D eigenvalue weighted by atomic mass is 10.1. The lowest BCUT2D eigenvalue weighted by Gasteiger charge is -2.29. The molecule has 29 heavy (non-hydrogen) atoms. The number of rotatable bonds is 9. The van der Waals surface area contributed by atoms with Crippen LogP contribution in [-0.2, 0) is 16.1 Å². The largest absolute Gasteiger partial charge is 0.352 e. The van der Waals surface area contributed by atoms with Crippen LogP contribution in [0.25, 0.3) is 0 Å². The Bertz CT molecular complexity index is 809. The van der Waals surface area contributed by atoms with Gasteiger partial charge in [0.15, 0.2) is 0 Å². The van der Waals surface area contributed by atoms with Crippen molar-refractivity contribution >= 4 is 39.5 Å². The van der Waals surface area contributed by atoms with Crippen LogP contribution in [0, 0.1) is 6.92 Å². The maximum atomic E-state index is 13.1. The highest BCUT2D eigenvalue weighted by Gasteiger charge is 2.26. The Balaban J connectivity index is 2.13. The summed E-state index contributed by atoms with van der Waals surface area (Å²) < 4.78 is 0.983. The fourth-order valence-corrected chi connectivity index (χ4v) is 3.75. The van der Waals surface area contributed by atoms with Gasteiger partial charge in [-0.2, -0.15) is 0 Å². The van der Waals surface area contributed by atoms with Crippen molar-refractivity contribution in [1.82, 2.24) is 10.2 Å². The van der Waals surface area contributed by atoms with E-state index in [0.29, 0.717) is 12.3 Å². The molecule has 1 N–H and O–H groups in total. The summed E-state index contributed by atoms with van der Waals surface area (Å²) in [4.78, 5) is 28.5. The number of halogens is 1. The van der Waals surface area contributed by atoms with E-state index in [4.69, 9.17) is 0 Å². The second-order valence-corrected chi connectivity index (χ2v) is 9.21. The van der Waals surface area contributed by atoms with Gasteiger partial charge in [0.25, 0.3) is 0 Å². The number of nitrogens with zero attached hydrogens (tertiary/aromatic N) is 1. The van der Waals surface area contributed by atoms with Gasteiger partial charge in [0, 0.05) is 22.0 Å². The minimum absolute atomic E-state index is 0.0507. The third-order valence-electron chi connectivity index (χ3n) is 4.82. The number of nitrogens with one attached hydrogen (secondary N) is 1. The molecule has 0 aliphatic rings. The third-order valence-corrected chi connectivity index (χ3v) is 6.34. The lowest BCUT2D eigenvalue weighted by molar-refractivity contribution is -0.138. The Labute approximate surface area is 186 Å². The predicted molar refractivity (Wildman–Crippen MR) is 124 cm³/mol. The average molecular weight is 477 g/mol. The number of hydrogen-bond acceptors (Lipinski definition) is 3. The van der Waals surface area contributed by atoms with E-state index in [2.05, 4.69) is 21.2 Å². The normalized spacial score (nSPS) is 12.9. The van der Waals surface area contributed by atoms with Crippen LogP contribution < -0.4 is 5.32 Å². The SMILES string of the molecule is CC[C@@H](C)NC(=O)[C@@H](C)N(Cc1ccc(Br)cc1)C(=O)CSc1ccc(C)cc1. The average Bonchev–Trinajstić information content (AvgIpc) is 2.72. The maximum Gasteiger partial charge on any atom is 0.242 e. The van der Waals surface area contributed by atoms with E-state index in [9.17, 15) is 9.59 Å². The van der Waals surface area contributed by atoms with Gasteiger partial charge in [-0.3, -0.25) is 9.59 Å². The quantitative estimate of drug-likeness (QED) is 0.507. The van der Waals surface area contributed by atoms with Crippen molar-refractivity contribution in [3.05, 3.63) is 64.1 Å². The van der Waals surface area contributed by atoms with Crippen molar-refractivity contribution in [2.24, 2.45) is 0 Å². The van der Waals surface area contributed by atoms with Gasteiger partial charge < -0.3 is 10.2 Å². The summed E-state index contributed by atoms with van der Waals surface area (Å²) in [5, 5.41) is 2.99. The molecule has 0 saturated heterocycles. The first-order valence-corrected chi connectivity index (χ1v) is 11.6. The van der Waals surface area contributed by atoms with Crippen molar-refractivity contribution < 1.29 is 9.59 Å². The fraction of sp³-hybridized carbons (Fsp3) is 0.391. The summed E-state index contributed by atoms with van der Waals surface area (Å²) in [6.45, 7) is 8.23. The summed E-state index contributed by atoms with van der Waals surface area (Å²) in [7, 11) is 0. The molecule has 2 atom stereocenters. The molecule has 0 heterocycles. The predicted octanol–water partition coefficient (Wildman–Crippen LogP) is 5.18. The van der Waals surface area contributed by atoms with Crippen LogP contribution in [0.2, 0.25) is 0 Å². The number of benzene rings is 2. The Morgan fingerprint density at radius 3 is 2.28 bits per heavy atom. The number of aryl methyl sites for hydroxylation is 1. The first-order valence-electron chi connectivity index (χ1n) is 9.84. The Hall–Kier alpha value is -1.79. The summed E-state index contributed by atoms with van der Waals surface area (Å²) in [6, 6.07) is 15.5. The fourth-order valence-electron chi connectivity index (χ4n) is 2.70. The van der Waals surface area contributed by atoms with Crippen LogP contribution in [0.5, 0.6) is 0 Å². The number of thioether (sulfide) groups is 1. The minimum atomic E-state index is -0.543. The molecule has 0 radical (unpaired) electrons. The van der Waals surface area contributed by atoms with Gasteiger partial charge in [-0.1, -0.05) is 52.7 Å². The standard InChI is InChI=1S/C23H29BrN2O2S/c1-5-17(3)25-23(28)18(4)26(14-19-8-10-20(24)11-9-19)22(27)15-29-21-12-6-16(2)7-13-21/h6-13,17-18H,5,14-15H2,1-4H3,(H,25,28)/t17-,18-/m1/s1. The molecule has 0 fully saturated rings. The number of hydrogen-bond donors (Lipinski definition) is 1. The molecule has 2 aromatic carbocycles. The van der Waals surface area contributed by atoms with E-state index in [1.807, 2.05) is 69.3 Å². The molecule has 0 aromatic heterocycles. The molecular weight excluding hydrogens is 448 g/mol. The van der Waals surface area contributed by atoms with Gasteiger partial charge in [-0.15, -0.1) is 11.8 Å². The monoisotopic (exact) mass is 476 g/mol. The zero-order valence-electron chi connectivity index (χ0n) is 17.4. The van der Waals surface area contributed by atoms with E-state index in [1.165, 1.54) is 17.3 Å². The zero-order valence-corrected chi connectivity index (χ0v) is 19.8. The molecule has 6 heteroatoms. The molecule has 0 saturated carbocycles. The first kappa shape index (κ1) is 23.5. The number of amides is 2. The Morgan fingerprint density at radius 2 is 1.69 bits per heavy atom. The first-order chi connectivity index (χ1) is 13.8. The highest BCUT2D eigenvalue weighted by atomic mass is 79.9. The molecule has 0 bridgehead atoms. The van der Waals surface area contributed by atoms with Gasteiger partial charge >= 0.3 is 0 Å². The van der Waals surface area contributed by atoms with E-state index in [0.717, 1.165) is 21.4 Å². The van der Waals surface area contributed by atoms with Gasteiger partial charge in [0.2, 0.25) is 11.8 Å². The van der Waals surface area contributed by atoms with Crippen LogP contribution in [-0.4, -0.2) is 34.6 Å². The highest BCUT2D eigenvalue weighted by Crippen LogP contribution is 2.21. The molecule has 0 spiro atoms. The van der Waals surface area contributed by atoms with Crippen LogP contribution in [0.3, 0.4) is 0 Å². The number of carbonyl (C=O) groups is 2. The lowest BCUT2D eigenvalue weighted by Crippen LogP contribution is -2.50. The molecule has 2 amide bonds. The summed E-state index contributed by atoms with van der Waals surface area (Å²) in [5.74, 6) is 0.121. The van der Waals surface area contributed by atoms with Gasteiger partial charge in [0.05, 0.1) is 5.75 Å². The third kappa shape index (κ3) is 7.52. The molecule has 2 aromatic rings. The molecule has 0 unspecified atom stereocenters. The molecule has 0 aliphatic heterocycles. The van der Waals surface area contributed by atoms with Gasteiger partial charge in [-0.25, -0.2) is 0 Å². The minimum Gasteiger partial charge on any atom is -0.352 e.